The number of imidazole rings is 1. The number of pyridine rings is 1. The Morgan fingerprint density at radius 1 is 1.20 bits per heavy atom. The molecule has 0 atom stereocenters. The smallest absolute Gasteiger partial charge is 0.151 e. The molecule has 0 saturated carbocycles. The SMILES string of the molecule is Cn1c(C(C#N)=Cc2ccccn2)nc2ccccc21. The van der Waals surface area contributed by atoms with Crippen molar-refractivity contribution in [1.29, 1.82) is 5.26 Å². The summed E-state index contributed by atoms with van der Waals surface area (Å²) < 4.78 is 1.92. The summed E-state index contributed by atoms with van der Waals surface area (Å²) in [6.07, 6.45) is 3.46. The molecule has 3 aromatic rings. The van der Waals surface area contributed by atoms with E-state index in [1.54, 1.807) is 12.3 Å². The zero-order valence-electron chi connectivity index (χ0n) is 11.0. The van der Waals surface area contributed by atoms with Crippen molar-refractivity contribution < 1.29 is 0 Å². The molecule has 0 saturated heterocycles. The van der Waals surface area contributed by atoms with E-state index in [1.807, 2.05) is 54.1 Å². The van der Waals surface area contributed by atoms with Gasteiger partial charge in [-0.1, -0.05) is 18.2 Å². The largest absolute Gasteiger partial charge is 0.326 e. The minimum absolute atomic E-state index is 0.502. The van der Waals surface area contributed by atoms with Crippen LogP contribution in [0.5, 0.6) is 0 Å². The summed E-state index contributed by atoms with van der Waals surface area (Å²) in [5.41, 5.74) is 3.13. The standard InChI is InChI=1S/C16H12N4/c1-20-15-8-3-2-7-14(15)19-16(20)12(11-17)10-13-6-4-5-9-18-13/h2-10H,1H3. The van der Waals surface area contributed by atoms with Crippen molar-refractivity contribution in [3.8, 4) is 6.07 Å². The summed E-state index contributed by atoms with van der Waals surface area (Å²) in [6.45, 7) is 0. The number of rotatable bonds is 2. The second-order valence-corrected chi connectivity index (χ2v) is 4.41. The van der Waals surface area contributed by atoms with E-state index in [9.17, 15) is 5.26 Å². The molecule has 0 radical (unpaired) electrons. The molecule has 4 nitrogen and oxygen atoms in total. The highest BCUT2D eigenvalue weighted by Gasteiger charge is 2.11. The zero-order chi connectivity index (χ0) is 13.9. The first kappa shape index (κ1) is 12.1. The molecular weight excluding hydrogens is 248 g/mol. The Morgan fingerprint density at radius 3 is 2.70 bits per heavy atom. The molecule has 0 unspecified atom stereocenters. The third-order valence-electron chi connectivity index (χ3n) is 3.13. The number of para-hydroxylation sites is 2. The Bertz CT molecular complexity index is 823. The number of nitriles is 1. The lowest BCUT2D eigenvalue weighted by Crippen LogP contribution is -1.96. The molecule has 1 aromatic carbocycles. The summed E-state index contributed by atoms with van der Waals surface area (Å²) in [5, 5.41) is 9.39. The molecular formula is C16H12N4. The highest BCUT2D eigenvalue weighted by atomic mass is 15.1. The van der Waals surface area contributed by atoms with Gasteiger partial charge in [-0.25, -0.2) is 4.98 Å². The van der Waals surface area contributed by atoms with Gasteiger partial charge in [-0.05, 0) is 30.3 Å². The second kappa shape index (κ2) is 4.98. The summed E-state index contributed by atoms with van der Waals surface area (Å²) in [6, 6.07) is 15.6. The van der Waals surface area contributed by atoms with Gasteiger partial charge in [-0.15, -0.1) is 0 Å². The van der Waals surface area contributed by atoms with Crippen molar-refractivity contribution in [3.63, 3.8) is 0 Å². The zero-order valence-corrected chi connectivity index (χ0v) is 11.0. The molecule has 0 fully saturated rings. The average molecular weight is 260 g/mol. The minimum atomic E-state index is 0.502. The van der Waals surface area contributed by atoms with Gasteiger partial charge in [0.05, 0.1) is 22.3 Å². The van der Waals surface area contributed by atoms with E-state index in [0.717, 1.165) is 16.7 Å². The van der Waals surface area contributed by atoms with Crippen molar-refractivity contribution in [2.75, 3.05) is 0 Å². The van der Waals surface area contributed by atoms with E-state index in [-0.39, 0.29) is 0 Å². The third kappa shape index (κ3) is 2.06. The van der Waals surface area contributed by atoms with Crippen LogP contribution < -0.4 is 0 Å². The van der Waals surface area contributed by atoms with Crippen molar-refractivity contribution in [3.05, 3.63) is 60.2 Å². The molecule has 0 N–H and O–H groups in total. The topological polar surface area (TPSA) is 54.5 Å². The molecule has 0 spiro atoms. The number of hydrogen-bond donors (Lipinski definition) is 0. The van der Waals surface area contributed by atoms with Crippen molar-refractivity contribution in [1.82, 2.24) is 14.5 Å². The van der Waals surface area contributed by atoms with Crippen LogP contribution in [0.2, 0.25) is 0 Å². The molecule has 0 aliphatic rings. The van der Waals surface area contributed by atoms with E-state index in [4.69, 9.17) is 0 Å². The predicted octanol–water partition coefficient (Wildman–Crippen LogP) is 3.03. The number of hydrogen-bond acceptors (Lipinski definition) is 3. The van der Waals surface area contributed by atoms with Crippen molar-refractivity contribution in [2.24, 2.45) is 7.05 Å². The van der Waals surface area contributed by atoms with Crippen LogP contribution in [0.1, 0.15) is 11.5 Å². The molecule has 3 rings (SSSR count). The van der Waals surface area contributed by atoms with Crippen LogP contribution in [0.4, 0.5) is 0 Å². The molecule has 0 aliphatic heterocycles. The normalized spacial score (nSPS) is 11.5. The van der Waals surface area contributed by atoms with Gasteiger partial charge in [0.1, 0.15) is 6.07 Å². The lowest BCUT2D eigenvalue weighted by Gasteiger charge is -2.00. The van der Waals surface area contributed by atoms with Gasteiger partial charge in [0.2, 0.25) is 0 Å². The number of allylic oxidation sites excluding steroid dienone is 1. The quantitative estimate of drug-likeness (QED) is 0.665. The van der Waals surface area contributed by atoms with Gasteiger partial charge in [0.15, 0.2) is 5.82 Å². The van der Waals surface area contributed by atoms with Gasteiger partial charge in [-0.2, -0.15) is 5.26 Å². The molecule has 96 valence electrons. The van der Waals surface area contributed by atoms with Crippen LogP contribution in [0.3, 0.4) is 0 Å². The highest BCUT2D eigenvalue weighted by Crippen LogP contribution is 2.21. The summed E-state index contributed by atoms with van der Waals surface area (Å²) >= 11 is 0. The first-order valence-corrected chi connectivity index (χ1v) is 6.24. The number of nitrogens with zero attached hydrogens (tertiary/aromatic N) is 4. The number of benzene rings is 1. The van der Waals surface area contributed by atoms with E-state index in [0.29, 0.717) is 11.4 Å². The van der Waals surface area contributed by atoms with Gasteiger partial charge in [0.25, 0.3) is 0 Å². The van der Waals surface area contributed by atoms with E-state index in [2.05, 4.69) is 16.0 Å². The minimum Gasteiger partial charge on any atom is -0.326 e. The fourth-order valence-corrected chi connectivity index (χ4v) is 2.14. The van der Waals surface area contributed by atoms with E-state index >= 15 is 0 Å². The maximum atomic E-state index is 9.39. The van der Waals surface area contributed by atoms with Crippen LogP contribution in [0, 0.1) is 11.3 Å². The van der Waals surface area contributed by atoms with Gasteiger partial charge >= 0.3 is 0 Å². The van der Waals surface area contributed by atoms with Crippen LogP contribution in [0.25, 0.3) is 22.7 Å². The van der Waals surface area contributed by atoms with Crippen molar-refractivity contribution in [2.45, 2.75) is 0 Å². The fourth-order valence-electron chi connectivity index (χ4n) is 2.14. The molecule has 0 bridgehead atoms. The lowest BCUT2D eigenvalue weighted by molar-refractivity contribution is 0.925. The van der Waals surface area contributed by atoms with Gasteiger partial charge < -0.3 is 4.57 Å². The first-order valence-electron chi connectivity index (χ1n) is 6.24. The fraction of sp³-hybridized carbons (Fsp3) is 0.0625. The Balaban J connectivity index is 2.16. The van der Waals surface area contributed by atoms with Gasteiger partial charge in [0, 0.05) is 13.2 Å². The Morgan fingerprint density at radius 2 is 2.00 bits per heavy atom. The molecule has 0 aliphatic carbocycles. The molecule has 2 heterocycles. The van der Waals surface area contributed by atoms with E-state index < -0.39 is 0 Å². The first-order chi connectivity index (χ1) is 9.79. The predicted molar refractivity (Wildman–Crippen MR) is 78.4 cm³/mol. The molecule has 20 heavy (non-hydrogen) atoms. The second-order valence-electron chi connectivity index (χ2n) is 4.41. The van der Waals surface area contributed by atoms with Gasteiger partial charge in [-0.3, -0.25) is 4.98 Å². The van der Waals surface area contributed by atoms with E-state index in [1.165, 1.54) is 0 Å². The number of aromatic nitrogens is 3. The molecule has 0 amide bonds. The van der Waals surface area contributed by atoms with Crippen LogP contribution in [-0.2, 0) is 7.05 Å². The number of aryl methyl sites for hydroxylation is 1. The lowest BCUT2D eigenvalue weighted by atomic mass is 10.2. The monoisotopic (exact) mass is 260 g/mol. The average Bonchev–Trinajstić information content (AvgIpc) is 2.83. The maximum Gasteiger partial charge on any atom is 0.151 e. The summed E-state index contributed by atoms with van der Waals surface area (Å²) in [7, 11) is 1.91. The maximum absolute atomic E-state index is 9.39. The Kier molecular flexibility index (Phi) is 3.02. The Hall–Kier alpha value is -2.93. The molecule has 2 aromatic heterocycles. The molecule has 4 heteroatoms. The highest BCUT2D eigenvalue weighted by molar-refractivity contribution is 5.90. The third-order valence-corrected chi connectivity index (χ3v) is 3.13. The Labute approximate surface area is 116 Å². The van der Waals surface area contributed by atoms with Crippen molar-refractivity contribution >= 4 is 22.7 Å². The van der Waals surface area contributed by atoms with Crippen LogP contribution in [0.15, 0.2) is 48.7 Å². The summed E-state index contributed by atoms with van der Waals surface area (Å²) in [4.78, 5) is 8.74. The summed E-state index contributed by atoms with van der Waals surface area (Å²) in [5.74, 6) is 0.652. The van der Waals surface area contributed by atoms with Crippen LogP contribution in [-0.4, -0.2) is 14.5 Å². The number of fused-ring (bicyclic) bond motifs is 1. The van der Waals surface area contributed by atoms with Crippen LogP contribution >= 0.6 is 0 Å².